The molecule has 3 heterocycles. The van der Waals surface area contributed by atoms with Gasteiger partial charge in [-0.05, 0) is 26.7 Å². The molecule has 2 atom stereocenters. The molecule has 21 heavy (non-hydrogen) atoms. The average molecular weight is 289 g/mol. The van der Waals surface area contributed by atoms with Crippen LogP contribution in [0.1, 0.15) is 36.1 Å². The molecule has 2 saturated heterocycles. The molecule has 0 saturated carbocycles. The molecule has 0 aliphatic carbocycles. The van der Waals surface area contributed by atoms with Crippen LogP contribution in [0.4, 0.5) is 0 Å². The van der Waals surface area contributed by atoms with Crippen LogP contribution in [0.25, 0.3) is 0 Å². The molecule has 3 rings (SSSR count). The normalized spacial score (nSPS) is 25.1. The first kappa shape index (κ1) is 14.3. The molecule has 5 heteroatoms. The zero-order valence-electron chi connectivity index (χ0n) is 13.0. The van der Waals surface area contributed by atoms with E-state index in [0.29, 0.717) is 25.0 Å². The summed E-state index contributed by atoms with van der Waals surface area (Å²) < 4.78 is 5.45. The van der Waals surface area contributed by atoms with E-state index in [1.807, 2.05) is 24.9 Å². The van der Waals surface area contributed by atoms with E-state index in [4.69, 9.17) is 4.74 Å². The number of carbonyl (C=O) groups is 1. The van der Waals surface area contributed by atoms with E-state index in [2.05, 4.69) is 10.3 Å². The van der Waals surface area contributed by atoms with E-state index >= 15 is 0 Å². The van der Waals surface area contributed by atoms with Crippen LogP contribution < -0.4 is 10.1 Å². The van der Waals surface area contributed by atoms with Crippen molar-refractivity contribution in [1.82, 2.24) is 15.2 Å². The van der Waals surface area contributed by atoms with Crippen LogP contribution in [0.2, 0.25) is 0 Å². The van der Waals surface area contributed by atoms with E-state index in [1.165, 1.54) is 0 Å². The number of amides is 1. The number of likely N-dealkylation sites (tertiary alicyclic amines) is 1. The van der Waals surface area contributed by atoms with Crippen LogP contribution in [-0.4, -0.2) is 41.5 Å². The fraction of sp³-hybridized carbons (Fsp3) is 0.625. The van der Waals surface area contributed by atoms with Crippen LogP contribution in [0.3, 0.4) is 0 Å². The highest BCUT2D eigenvalue weighted by atomic mass is 16.5. The largest absolute Gasteiger partial charge is 0.496 e. The monoisotopic (exact) mass is 289 g/mol. The Balaban J connectivity index is 1.81. The zero-order valence-corrected chi connectivity index (χ0v) is 13.0. The summed E-state index contributed by atoms with van der Waals surface area (Å²) in [7, 11) is 1.68. The number of carbonyl (C=O) groups excluding carboxylic acids is 1. The molecule has 1 amide bonds. The second-order valence-corrected chi connectivity index (χ2v) is 6.16. The SMILES string of the molecule is COc1c(C)cnc(CN2C[C@@H]3CC[C@H](CC2=O)N3)c1C. The van der Waals surface area contributed by atoms with Crippen molar-refractivity contribution in [3.63, 3.8) is 0 Å². The van der Waals surface area contributed by atoms with E-state index < -0.39 is 0 Å². The number of nitrogens with one attached hydrogen (secondary N) is 1. The maximum absolute atomic E-state index is 12.4. The lowest BCUT2D eigenvalue weighted by Gasteiger charge is -2.25. The fourth-order valence-corrected chi connectivity index (χ4v) is 3.48. The molecule has 1 aromatic heterocycles. The van der Waals surface area contributed by atoms with Gasteiger partial charge in [0.2, 0.25) is 5.91 Å². The summed E-state index contributed by atoms with van der Waals surface area (Å²) in [5, 5.41) is 3.54. The third-order valence-electron chi connectivity index (χ3n) is 4.64. The molecule has 0 spiro atoms. The van der Waals surface area contributed by atoms with Crippen molar-refractivity contribution in [1.29, 1.82) is 0 Å². The van der Waals surface area contributed by atoms with E-state index in [0.717, 1.165) is 42.0 Å². The lowest BCUT2D eigenvalue weighted by atomic mass is 10.1. The number of ether oxygens (including phenoxy) is 1. The highest BCUT2D eigenvalue weighted by Crippen LogP contribution is 2.27. The minimum Gasteiger partial charge on any atom is -0.496 e. The third-order valence-corrected chi connectivity index (χ3v) is 4.64. The smallest absolute Gasteiger partial charge is 0.224 e. The first-order valence-corrected chi connectivity index (χ1v) is 7.61. The van der Waals surface area contributed by atoms with Gasteiger partial charge in [-0.1, -0.05) is 0 Å². The summed E-state index contributed by atoms with van der Waals surface area (Å²) in [6.45, 7) is 5.36. The van der Waals surface area contributed by atoms with E-state index in [9.17, 15) is 4.79 Å². The second kappa shape index (κ2) is 5.64. The average Bonchev–Trinajstić information content (AvgIpc) is 2.81. The summed E-state index contributed by atoms with van der Waals surface area (Å²) in [6, 6.07) is 0.809. The van der Waals surface area contributed by atoms with Crippen LogP contribution >= 0.6 is 0 Å². The quantitative estimate of drug-likeness (QED) is 0.917. The Labute approximate surface area is 125 Å². The second-order valence-electron chi connectivity index (χ2n) is 6.16. The van der Waals surface area contributed by atoms with Gasteiger partial charge in [0.25, 0.3) is 0 Å². The van der Waals surface area contributed by atoms with Gasteiger partial charge in [-0.2, -0.15) is 0 Å². The fourth-order valence-electron chi connectivity index (χ4n) is 3.48. The molecule has 2 aliphatic heterocycles. The number of aryl methyl sites for hydroxylation is 1. The zero-order chi connectivity index (χ0) is 15.0. The number of pyridine rings is 1. The molecule has 2 bridgehead atoms. The number of hydrogen-bond donors (Lipinski definition) is 1. The maximum atomic E-state index is 12.4. The van der Waals surface area contributed by atoms with Gasteiger partial charge >= 0.3 is 0 Å². The van der Waals surface area contributed by atoms with Gasteiger partial charge in [0, 0.05) is 42.4 Å². The Morgan fingerprint density at radius 1 is 1.38 bits per heavy atom. The van der Waals surface area contributed by atoms with Gasteiger partial charge in [-0.15, -0.1) is 0 Å². The van der Waals surface area contributed by atoms with Crippen molar-refractivity contribution in [2.75, 3.05) is 13.7 Å². The molecule has 1 aromatic rings. The predicted molar refractivity (Wildman–Crippen MR) is 80.2 cm³/mol. The van der Waals surface area contributed by atoms with Gasteiger partial charge in [0.15, 0.2) is 0 Å². The summed E-state index contributed by atoms with van der Waals surface area (Å²) in [5.41, 5.74) is 3.00. The van der Waals surface area contributed by atoms with Gasteiger partial charge in [0.05, 0.1) is 19.3 Å². The standard InChI is InChI=1S/C16H23N3O2/c1-10-7-17-14(11(2)16(10)21-3)9-19-8-13-5-4-12(18-13)6-15(19)20/h7,12-13,18H,4-6,8-9H2,1-3H3/t12-,13+/m1/s1. The molecule has 2 fully saturated rings. The summed E-state index contributed by atoms with van der Waals surface area (Å²) in [4.78, 5) is 18.8. The third kappa shape index (κ3) is 2.75. The van der Waals surface area contributed by atoms with Crippen LogP contribution in [-0.2, 0) is 11.3 Å². The van der Waals surface area contributed by atoms with E-state index in [1.54, 1.807) is 7.11 Å². The van der Waals surface area contributed by atoms with Gasteiger partial charge in [-0.25, -0.2) is 0 Å². The van der Waals surface area contributed by atoms with Crippen molar-refractivity contribution in [2.45, 2.75) is 51.7 Å². The predicted octanol–water partition coefficient (Wildman–Crippen LogP) is 1.56. The number of aromatic nitrogens is 1. The Hall–Kier alpha value is -1.62. The Morgan fingerprint density at radius 3 is 2.90 bits per heavy atom. The number of nitrogens with zero attached hydrogens (tertiary/aromatic N) is 2. The molecule has 1 N–H and O–H groups in total. The minimum absolute atomic E-state index is 0.232. The molecule has 114 valence electrons. The van der Waals surface area contributed by atoms with Gasteiger partial charge in [0.1, 0.15) is 5.75 Å². The number of methoxy groups -OCH3 is 1. The Bertz CT molecular complexity index is 559. The van der Waals surface area contributed by atoms with Crippen molar-refractivity contribution in [3.05, 3.63) is 23.0 Å². The lowest BCUT2D eigenvalue weighted by molar-refractivity contribution is -0.132. The topological polar surface area (TPSA) is 54.5 Å². The highest BCUT2D eigenvalue weighted by Gasteiger charge is 2.33. The molecular weight excluding hydrogens is 266 g/mol. The van der Waals surface area contributed by atoms with Crippen molar-refractivity contribution < 1.29 is 9.53 Å². The molecule has 2 aliphatic rings. The van der Waals surface area contributed by atoms with Crippen molar-refractivity contribution in [3.8, 4) is 5.75 Å². The van der Waals surface area contributed by atoms with Crippen molar-refractivity contribution >= 4 is 5.91 Å². The molecular formula is C16H23N3O2. The Morgan fingerprint density at radius 2 is 2.14 bits per heavy atom. The number of rotatable bonds is 3. The van der Waals surface area contributed by atoms with Gasteiger partial charge in [-0.3, -0.25) is 9.78 Å². The van der Waals surface area contributed by atoms with Gasteiger partial charge < -0.3 is 15.0 Å². The Kier molecular flexibility index (Phi) is 3.85. The maximum Gasteiger partial charge on any atom is 0.224 e. The number of fused-ring (bicyclic) bond motifs is 2. The lowest BCUT2D eigenvalue weighted by Crippen LogP contribution is -2.37. The molecule has 0 unspecified atom stereocenters. The molecule has 5 nitrogen and oxygen atoms in total. The first-order chi connectivity index (χ1) is 10.1. The van der Waals surface area contributed by atoms with Crippen LogP contribution in [0.5, 0.6) is 5.75 Å². The highest BCUT2D eigenvalue weighted by molar-refractivity contribution is 5.77. The summed E-state index contributed by atoms with van der Waals surface area (Å²) in [6.07, 6.45) is 4.73. The van der Waals surface area contributed by atoms with Crippen LogP contribution in [0, 0.1) is 13.8 Å². The minimum atomic E-state index is 0.232. The van der Waals surface area contributed by atoms with E-state index in [-0.39, 0.29) is 5.91 Å². The van der Waals surface area contributed by atoms with Crippen LogP contribution in [0.15, 0.2) is 6.20 Å². The summed E-state index contributed by atoms with van der Waals surface area (Å²) >= 11 is 0. The number of hydrogen-bond acceptors (Lipinski definition) is 4. The summed E-state index contributed by atoms with van der Waals surface area (Å²) in [5.74, 6) is 1.11. The van der Waals surface area contributed by atoms with Crippen molar-refractivity contribution in [2.24, 2.45) is 0 Å². The first-order valence-electron chi connectivity index (χ1n) is 7.61. The molecule has 0 radical (unpaired) electrons. The molecule has 0 aromatic carbocycles.